The molecule has 11 heteroatoms. The molecule has 3 aromatic carbocycles. The molecule has 0 amide bonds. The summed E-state index contributed by atoms with van der Waals surface area (Å²) in [5, 5.41) is 16.4. The summed E-state index contributed by atoms with van der Waals surface area (Å²) in [6.07, 6.45) is 6.87. The molecule has 41 heavy (non-hydrogen) atoms. The monoisotopic (exact) mass is 638 g/mol. The Morgan fingerprint density at radius 3 is 2.59 bits per heavy atom. The minimum Gasteiger partial charge on any atom is -0.490 e. The number of hydrogen-bond donors (Lipinski definition) is 0. The first kappa shape index (κ1) is 28.8. The lowest BCUT2D eigenvalue weighted by molar-refractivity contribution is -0.384. The lowest BCUT2D eigenvalue weighted by Gasteiger charge is -2.22. The smallest absolute Gasteiger partial charge is 0.282 e. The van der Waals surface area contributed by atoms with Gasteiger partial charge >= 0.3 is 0 Å². The van der Waals surface area contributed by atoms with E-state index < -0.39 is 4.92 Å². The summed E-state index contributed by atoms with van der Waals surface area (Å²) < 4.78 is 13.8. The predicted octanol–water partition coefficient (Wildman–Crippen LogP) is 7.63. The van der Waals surface area contributed by atoms with E-state index in [-0.39, 0.29) is 28.8 Å². The van der Waals surface area contributed by atoms with Crippen molar-refractivity contribution in [3.63, 3.8) is 0 Å². The van der Waals surface area contributed by atoms with Crippen LogP contribution in [0.25, 0.3) is 10.9 Å². The predicted molar refractivity (Wildman–Crippen MR) is 163 cm³/mol. The first-order valence-electron chi connectivity index (χ1n) is 13.4. The number of rotatable bonds is 9. The SMILES string of the molecule is CCOc1cc(C=Nn2c(C3CCCCC3)nc3ccccc3c2=O)c(Br)c(Cl)c1OCc1ccc([N+](=O)[O-])cc1. The van der Waals surface area contributed by atoms with Gasteiger partial charge in [-0.2, -0.15) is 9.78 Å². The molecule has 4 aromatic rings. The molecule has 1 fully saturated rings. The van der Waals surface area contributed by atoms with Crippen LogP contribution in [-0.2, 0) is 6.61 Å². The number of nitrogens with zero attached hydrogens (tertiary/aromatic N) is 4. The topological polar surface area (TPSA) is 109 Å². The maximum Gasteiger partial charge on any atom is 0.282 e. The van der Waals surface area contributed by atoms with Gasteiger partial charge in [0.2, 0.25) is 0 Å². The summed E-state index contributed by atoms with van der Waals surface area (Å²) in [4.78, 5) is 28.9. The Labute approximate surface area is 250 Å². The van der Waals surface area contributed by atoms with Crippen molar-refractivity contribution in [1.82, 2.24) is 9.66 Å². The van der Waals surface area contributed by atoms with Gasteiger partial charge in [0.1, 0.15) is 17.5 Å². The molecule has 0 spiro atoms. The van der Waals surface area contributed by atoms with Gasteiger partial charge in [0.15, 0.2) is 11.5 Å². The van der Waals surface area contributed by atoms with Gasteiger partial charge in [0.25, 0.3) is 11.2 Å². The maximum atomic E-state index is 13.6. The molecule has 1 saturated carbocycles. The van der Waals surface area contributed by atoms with Crippen molar-refractivity contribution in [3.05, 3.63) is 102 Å². The number of benzene rings is 3. The van der Waals surface area contributed by atoms with E-state index >= 15 is 0 Å². The second-order valence-corrected chi connectivity index (χ2v) is 10.9. The highest BCUT2D eigenvalue weighted by Gasteiger charge is 2.23. The maximum absolute atomic E-state index is 13.6. The summed E-state index contributed by atoms with van der Waals surface area (Å²) in [6, 6.07) is 15.2. The Hall–Kier alpha value is -3.76. The van der Waals surface area contributed by atoms with Crippen LogP contribution in [0.3, 0.4) is 0 Å². The van der Waals surface area contributed by atoms with Crippen LogP contribution in [0.5, 0.6) is 11.5 Å². The van der Waals surface area contributed by atoms with Gasteiger partial charge in [0.05, 0.1) is 28.6 Å². The Kier molecular flexibility index (Phi) is 8.99. The van der Waals surface area contributed by atoms with Gasteiger partial charge in [-0.3, -0.25) is 14.9 Å². The quantitative estimate of drug-likeness (QED) is 0.106. The molecule has 0 radical (unpaired) electrons. The number of halogens is 2. The van der Waals surface area contributed by atoms with E-state index in [0.717, 1.165) is 31.2 Å². The highest BCUT2D eigenvalue weighted by molar-refractivity contribution is 9.10. The first-order valence-corrected chi connectivity index (χ1v) is 14.6. The Morgan fingerprint density at radius 2 is 1.88 bits per heavy atom. The zero-order chi connectivity index (χ0) is 28.9. The molecule has 0 N–H and O–H groups in total. The van der Waals surface area contributed by atoms with Crippen LogP contribution >= 0.6 is 27.5 Å². The summed E-state index contributed by atoms with van der Waals surface area (Å²) in [5.41, 5.74) is 1.77. The zero-order valence-corrected chi connectivity index (χ0v) is 24.7. The number of para-hydroxylation sites is 1. The van der Waals surface area contributed by atoms with Crippen LogP contribution in [0.4, 0.5) is 5.69 Å². The average Bonchev–Trinajstić information content (AvgIpc) is 2.99. The second kappa shape index (κ2) is 12.8. The highest BCUT2D eigenvalue weighted by atomic mass is 79.9. The van der Waals surface area contributed by atoms with E-state index in [4.69, 9.17) is 26.1 Å². The average molecular weight is 640 g/mol. The van der Waals surface area contributed by atoms with Gasteiger partial charge in [-0.1, -0.05) is 43.0 Å². The van der Waals surface area contributed by atoms with Crippen molar-refractivity contribution < 1.29 is 14.4 Å². The molecule has 9 nitrogen and oxygen atoms in total. The van der Waals surface area contributed by atoms with Crippen molar-refractivity contribution in [2.45, 2.75) is 51.6 Å². The second-order valence-electron chi connectivity index (χ2n) is 9.75. The number of non-ortho nitro benzene ring substituents is 1. The number of ether oxygens (including phenoxy) is 2. The van der Waals surface area contributed by atoms with E-state index in [0.29, 0.717) is 44.9 Å². The number of fused-ring (bicyclic) bond motifs is 1. The molecular formula is C30H28BrClN4O5. The fraction of sp³-hybridized carbons (Fsp3) is 0.300. The Bertz CT molecular complexity index is 1670. The minimum atomic E-state index is -0.452. The summed E-state index contributed by atoms with van der Waals surface area (Å²) in [5.74, 6) is 1.54. The number of nitro benzene ring substituents is 1. The lowest BCUT2D eigenvalue weighted by Crippen LogP contribution is -2.25. The summed E-state index contributed by atoms with van der Waals surface area (Å²) >= 11 is 10.3. The number of nitro groups is 1. The van der Waals surface area contributed by atoms with E-state index in [1.54, 1.807) is 30.5 Å². The van der Waals surface area contributed by atoms with Gasteiger partial charge in [-0.15, -0.1) is 0 Å². The van der Waals surface area contributed by atoms with E-state index in [1.807, 2.05) is 25.1 Å². The molecule has 0 unspecified atom stereocenters. The van der Waals surface area contributed by atoms with Crippen molar-refractivity contribution in [3.8, 4) is 11.5 Å². The molecule has 0 atom stereocenters. The fourth-order valence-corrected chi connectivity index (χ4v) is 5.62. The largest absolute Gasteiger partial charge is 0.490 e. The lowest BCUT2D eigenvalue weighted by atomic mass is 9.88. The van der Waals surface area contributed by atoms with E-state index in [2.05, 4.69) is 21.0 Å². The molecule has 0 aliphatic heterocycles. The van der Waals surface area contributed by atoms with Crippen LogP contribution in [0.1, 0.15) is 61.9 Å². The minimum absolute atomic E-state index is 0.000497. The molecule has 1 aromatic heterocycles. The van der Waals surface area contributed by atoms with Crippen molar-refractivity contribution >= 4 is 50.3 Å². The van der Waals surface area contributed by atoms with Crippen LogP contribution in [0.2, 0.25) is 5.02 Å². The summed E-state index contributed by atoms with van der Waals surface area (Å²) in [6.45, 7) is 2.34. The molecule has 1 aliphatic rings. The van der Waals surface area contributed by atoms with E-state index in [9.17, 15) is 14.9 Å². The molecule has 0 bridgehead atoms. The first-order chi connectivity index (χ1) is 19.9. The van der Waals surface area contributed by atoms with Crippen LogP contribution in [-0.4, -0.2) is 27.4 Å². The molecule has 0 saturated heterocycles. The number of aromatic nitrogens is 2. The number of hydrogen-bond acceptors (Lipinski definition) is 7. The van der Waals surface area contributed by atoms with Crippen molar-refractivity contribution in [1.29, 1.82) is 0 Å². The van der Waals surface area contributed by atoms with Gasteiger partial charge in [-0.25, -0.2) is 4.98 Å². The van der Waals surface area contributed by atoms with Crippen LogP contribution in [0, 0.1) is 10.1 Å². The highest BCUT2D eigenvalue weighted by Crippen LogP contribution is 2.43. The van der Waals surface area contributed by atoms with Gasteiger partial charge in [-0.05, 0) is 71.6 Å². The van der Waals surface area contributed by atoms with Crippen LogP contribution in [0.15, 0.2) is 69.0 Å². The van der Waals surface area contributed by atoms with Crippen molar-refractivity contribution in [2.24, 2.45) is 5.10 Å². The molecule has 212 valence electrons. The summed E-state index contributed by atoms with van der Waals surface area (Å²) in [7, 11) is 0. The third-order valence-corrected chi connectivity index (χ3v) is 8.49. The Balaban J connectivity index is 1.50. The zero-order valence-electron chi connectivity index (χ0n) is 22.4. The third-order valence-electron chi connectivity index (χ3n) is 7.05. The van der Waals surface area contributed by atoms with Gasteiger partial charge in [0, 0.05) is 28.1 Å². The molecule has 1 aliphatic carbocycles. The van der Waals surface area contributed by atoms with Crippen molar-refractivity contribution in [2.75, 3.05) is 6.61 Å². The Morgan fingerprint density at radius 1 is 1.15 bits per heavy atom. The van der Waals surface area contributed by atoms with Crippen LogP contribution < -0.4 is 15.0 Å². The fourth-order valence-electron chi connectivity index (χ4n) is 4.96. The molecular weight excluding hydrogens is 612 g/mol. The normalized spacial score (nSPS) is 14.0. The van der Waals surface area contributed by atoms with Gasteiger partial charge < -0.3 is 9.47 Å². The molecule has 5 rings (SSSR count). The van der Waals surface area contributed by atoms with E-state index in [1.165, 1.54) is 23.2 Å². The standard InChI is InChI=1S/C30H28BrClN4O5/c1-2-40-25-16-21(26(31)27(32)28(25)41-18-19-12-14-22(15-13-19)36(38)39)17-33-35-29(20-8-4-3-5-9-20)34-24-11-7-6-10-23(24)30(35)37/h6-7,10-17,20H,2-5,8-9,18H2,1H3. The third kappa shape index (κ3) is 6.28. The molecule has 1 heterocycles.